The zero-order valence-corrected chi connectivity index (χ0v) is 15.1. The van der Waals surface area contributed by atoms with Crippen molar-refractivity contribution in [3.8, 4) is 0 Å². The van der Waals surface area contributed by atoms with Gasteiger partial charge >= 0.3 is 0 Å². The Hall–Kier alpha value is 0.610. The lowest BCUT2D eigenvalue weighted by atomic mass is 9.83. The van der Waals surface area contributed by atoms with E-state index in [4.69, 9.17) is 5.73 Å². The highest BCUT2D eigenvalue weighted by atomic mass is 32.2. The summed E-state index contributed by atoms with van der Waals surface area (Å²) < 4.78 is 23.6. The van der Waals surface area contributed by atoms with E-state index in [1.54, 1.807) is 0 Å². The summed E-state index contributed by atoms with van der Waals surface area (Å²) >= 11 is 4.02. The number of hydrogen-bond acceptors (Lipinski definition) is 5. The molecular formula is C14H27NO2S3. The number of thioether (sulfide) groups is 2. The van der Waals surface area contributed by atoms with Crippen LogP contribution in [-0.4, -0.2) is 47.5 Å². The summed E-state index contributed by atoms with van der Waals surface area (Å²) in [5.74, 6) is 1.49. The molecule has 1 aliphatic carbocycles. The van der Waals surface area contributed by atoms with Crippen molar-refractivity contribution in [3.63, 3.8) is 0 Å². The summed E-state index contributed by atoms with van der Waals surface area (Å²) in [6, 6.07) is 0.145. The Balaban J connectivity index is 1.97. The molecular weight excluding hydrogens is 310 g/mol. The first-order valence-corrected chi connectivity index (χ1v) is 11.4. The number of sulfone groups is 1. The van der Waals surface area contributed by atoms with E-state index >= 15 is 0 Å². The Labute approximate surface area is 132 Å². The van der Waals surface area contributed by atoms with Crippen molar-refractivity contribution in [2.75, 3.05) is 12.0 Å². The molecule has 6 heteroatoms. The molecule has 0 spiro atoms. The Morgan fingerprint density at radius 3 is 2.50 bits per heavy atom. The monoisotopic (exact) mass is 337 g/mol. The topological polar surface area (TPSA) is 60.2 Å². The van der Waals surface area contributed by atoms with E-state index in [0.717, 1.165) is 31.4 Å². The van der Waals surface area contributed by atoms with Gasteiger partial charge in [-0.2, -0.15) is 23.5 Å². The Morgan fingerprint density at radius 2 is 1.90 bits per heavy atom. The molecule has 2 N–H and O–H groups in total. The van der Waals surface area contributed by atoms with E-state index < -0.39 is 9.84 Å². The number of rotatable bonds is 3. The first-order valence-electron chi connectivity index (χ1n) is 7.50. The zero-order valence-electron chi connectivity index (χ0n) is 12.6. The third-order valence-corrected chi connectivity index (χ3v) is 10.00. The van der Waals surface area contributed by atoms with E-state index in [1.807, 2.05) is 23.5 Å². The predicted molar refractivity (Wildman–Crippen MR) is 91.3 cm³/mol. The van der Waals surface area contributed by atoms with Crippen molar-refractivity contribution < 1.29 is 8.42 Å². The summed E-state index contributed by atoms with van der Waals surface area (Å²) in [6.07, 6.45) is 5.07. The number of hydrogen-bond donors (Lipinski definition) is 1. The molecule has 0 bridgehead atoms. The van der Waals surface area contributed by atoms with Gasteiger partial charge in [0.25, 0.3) is 0 Å². The smallest absolute Gasteiger partial charge is 0.150 e. The maximum Gasteiger partial charge on any atom is 0.150 e. The maximum atomic E-state index is 11.8. The fraction of sp³-hybridized carbons (Fsp3) is 1.00. The molecule has 6 atom stereocenters. The van der Waals surface area contributed by atoms with Gasteiger partial charge in [0.05, 0.1) is 5.25 Å². The lowest BCUT2D eigenvalue weighted by Crippen LogP contribution is -2.47. The molecule has 2 rings (SSSR count). The van der Waals surface area contributed by atoms with Crippen molar-refractivity contribution in [1.82, 2.24) is 0 Å². The average Bonchev–Trinajstić information content (AvgIpc) is 2.40. The molecule has 3 nitrogen and oxygen atoms in total. The normalized spacial score (nSPS) is 41.3. The molecule has 0 amide bonds. The van der Waals surface area contributed by atoms with E-state index in [1.165, 1.54) is 6.26 Å². The minimum absolute atomic E-state index is 0.145. The van der Waals surface area contributed by atoms with Crippen LogP contribution in [0, 0.1) is 5.92 Å². The zero-order chi connectivity index (χ0) is 14.9. The molecule has 0 aromatic heterocycles. The predicted octanol–water partition coefficient (Wildman–Crippen LogP) is 2.54. The fourth-order valence-electron chi connectivity index (χ4n) is 3.23. The van der Waals surface area contributed by atoms with Gasteiger partial charge in [0.15, 0.2) is 0 Å². The number of nitrogens with two attached hydrogens (primary N) is 1. The maximum absolute atomic E-state index is 11.8. The molecule has 2 fully saturated rings. The average molecular weight is 338 g/mol. The van der Waals surface area contributed by atoms with Crippen LogP contribution in [0.1, 0.15) is 39.5 Å². The van der Waals surface area contributed by atoms with Gasteiger partial charge in [-0.15, -0.1) is 0 Å². The van der Waals surface area contributed by atoms with Gasteiger partial charge in [-0.05, 0) is 25.2 Å². The van der Waals surface area contributed by atoms with Gasteiger partial charge in [0, 0.05) is 33.8 Å². The van der Waals surface area contributed by atoms with Crippen molar-refractivity contribution in [2.24, 2.45) is 11.7 Å². The van der Waals surface area contributed by atoms with Gasteiger partial charge in [-0.3, -0.25) is 0 Å². The van der Waals surface area contributed by atoms with Crippen LogP contribution in [-0.2, 0) is 9.84 Å². The quantitative estimate of drug-likeness (QED) is 0.857. The van der Waals surface area contributed by atoms with Crippen LogP contribution in [0.5, 0.6) is 0 Å². The minimum Gasteiger partial charge on any atom is -0.326 e. The van der Waals surface area contributed by atoms with Crippen LogP contribution < -0.4 is 5.73 Å². The van der Waals surface area contributed by atoms with E-state index in [9.17, 15) is 8.42 Å². The van der Waals surface area contributed by atoms with Gasteiger partial charge < -0.3 is 5.73 Å². The standard InChI is InChI=1S/C14H27NO2S3/c1-9-10(2)19-13(8-18-9)14(15)11-5-4-6-12(7-11)20(3,16)17/h9-14H,4-8,15H2,1-3H3. The Morgan fingerprint density at radius 1 is 1.20 bits per heavy atom. The largest absolute Gasteiger partial charge is 0.326 e. The Bertz CT molecular complexity index is 426. The van der Waals surface area contributed by atoms with Crippen LogP contribution in [0.15, 0.2) is 0 Å². The van der Waals surface area contributed by atoms with Gasteiger partial charge in [-0.1, -0.05) is 20.3 Å². The fourth-order valence-corrected chi connectivity index (χ4v) is 7.57. The SMILES string of the molecule is CC1SCC(C(N)C2CCCC(S(C)(=O)=O)C2)SC1C. The molecule has 0 aromatic rings. The van der Waals surface area contributed by atoms with Crippen LogP contribution in [0.3, 0.4) is 0 Å². The third kappa shape index (κ3) is 4.08. The van der Waals surface area contributed by atoms with E-state index in [0.29, 0.717) is 21.7 Å². The van der Waals surface area contributed by atoms with Crippen molar-refractivity contribution in [1.29, 1.82) is 0 Å². The van der Waals surface area contributed by atoms with Crippen LogP contribution >= 0.6 is 23.5 Å². The lowest BCUT2D eigenvalue weighted by Gasteiger charge is -2.40. The second kappa shape index (κ2) is 6.80. The summed E-state index contributed by atoms with van der Waals surface area (Å²) in [4.78, 5) is 0. The molecule has 1 saturated heterocycles. The summed E-state index contributed by atoms with van der Waals surface area (Å²) in [5.41, 5.74) is 6.51. The van der Waals surface area contributed by atoms with E-state index in [-0.39, 0.29) is 11.3 Å². The second-order valence-corrected chi connectivity index (χ2v) is 11.7. The third-order valence-electron chi connectivity index (χ3n) is 4.82. The highest BCUT2D eigenvalue weighted by Gasteiger charge is 2.37. The van der Waals surface area contributed by atoms with Gasteiger partial charge in [0.1, 0.15) is 9.84 Å². The molecule has 0 aromatic carbocycles. The summed E-state index contributed by atoms with van der Waals surface area (Å²) in [6.45, 7) is 4.56. The summed E-state index contributed by atoms with van der Waals surface area (Å²) in [5, 5.41) is 1.65. The molecule has 20 heavy (non-hydrogen) atoms. The Kier molecular flexibility index (Phi) is 5.77. The lowest BCUT2D eigenvalue weighted by molar-refractivity contribution is 0.304. The molecule has 2 aliphatic rings. The molecule has 1 aliphatic heterocycles. The molecule has 6 unspecified atom stereocenters. The van der Waals surface area contributed by atoms with Crippen LogP contribution in [0.2, 0.25) is 0 Å². The second-order valence-electron chi connectivity index (χ2n) is 6.37. The minimum atomic E-state index is -2.91. The highest BCUT2D eigenvalue weighted by Crippen LogP contribution is 2.40. The van der Waals surface area contributed by atoms with Gasteiger partial charge in [-0.25, -0.2) is 8.42 Å². The van der Waals surface area contributed by atoms with Crippen molar-refractivity contribution in [3.05, 3.63) is 0 Å². The van der Waals surface area contributed by atoms with Crippen LogP contribution in [0.4, 0.5) is 0 Å². The van der Waals surface area contributed by atoms with Crippen molar-refractivity contribution in [2.45, 2.75) is 66.6 Å². The van der Waals surface area contributed by atoms with Gasteiger partial charge in [0.2, 0.25) is 0 Å². The van der Waals surface area contributed by atoms with Crippen LogP contribution in [0.25, 0.3) is 0 Å². The molecule has 1 saturated carbocycles. The molecule has 1 heterocycles. The van der Waals surface area contributed by atoms with Crippen molar-refractivity contribution >= 4 is 33.4 Å². The highest BCUT2D eigenvalue weighted by molar-refractivity contribution is 8.07. The molecule has 118 valence electrons. The first kappa shape index (κ1) is 17.0. The molecule has 0 radical (unpaired) electrons. The first-order chi connectivity index (χ1) is 9.29. The van der Waals surface area contributed by atoms with E-state index in [2.05, 4.69) is 13.8 Å². The summed E-state index contributed by atoms with van der Waals surface area (Å²) in [7, 11) is -2.91.